The van der Waals surface area contributed by atoms with Crippen molar-refractivity contribution in [3.05, 3.63) is 54.1 Å². The van der Waals surface area contributed by atoms with E-state index in [1.807, 2.05) is 42.5 Å². The van der Waals surface area contributed by atoms with Crippen molar-refractivity contribution >= 4 is 17.3 Å². The molecule has 0 saturated heterocycles. The molecule has 0 aliphatic rings. The van der Waals surface area contributed by atoms with Gasteiger partial charge in [-0.3, -0.25) is 4.79 Å². The maximum absolute atomic E-state index is 11.9. The lowest BCUT2D eigenvalue weighted by Gasteiger charge is -2.07. The normalized spacial score (nSPS) is 10.1. The highest BCUT2D eigenvalue weighted by Crippen LogP contribution is 2.17. The Morgan fingerprint density at radius 3 is 2.75 bits per heavy atom. The van der Waals surface area contributed by atoms with Crippen LogP contribution in [0.1, 0.15) is 12.0 Å². The number of nitrogen functional groups attached to an aromatic ring is 1. The van der Waals surface area contributed by atoms with Gasteiger partial charge in [0.1, 0.15) is 5.75 Å². The summed E-state index contributed by atoms with van der Waals surface area (Å²) in [5, 5.41) is 2.85. The lowest BCUT2D eigenvalue weighted by atomic mass is 10.1. The highest BCUT2D eigenvalue weighted by Gasteiger charge is 2.04. The number of rotatable bonds is 5. The molecule has 0 radical (unpaired) electrons. The second-order valence-electron chi connectivity index (χ2n) is 4.53. The van der Waals surface area contributed by atoms with Crippen LogP contribution in [0.2, 0.25) is 0 Å². The van der Waals surface area contributed by atoms with E-state index in [-0.39, 0.29) is 5.91 Å². The first-order valence-electron chi connectivity index (χ1n) is 6.46. The standard InChI is InChI=1S/C16H18N2O2/c1-20-15-7-3-6-14(11-15)18-16(19)9-8-12-4-2-5-13(17)10-12/h2-7,10-11H,8-9,17H2,1H3,(H,18,19). The smallest absolute Gasteiger partial charge is 0.224 e. The molecular weight excluding hydrogens is 252 g/mol. The molecule has 0 spiro atoms. The Labute approximate surface area is 118 Å². The van der Waals surface area contributed by atoms with Crippen LogP contribution in [0.25, 0.3) is 0 Å². The summed E-state index contributed by atoms with van der Waals surface area (Å²) < 4.78 is 5.11. The molecular formula is C16H18N2O2. The highest BCUT2D eigenvalue weighted by molar-refractivity contribution is 5.91. The Morgan fingerprint density at radius 2 is 2.00 bits per heavy atom. The SMILES string of the molecule is COc1cccc(NC(=O)CCc2cccc(N)c2)c1. The molecule has 0 aliphatic carbocycles. The number of carbonyl (C=O) groups is 1. The number of nitrogens with two attached hydrogens (primary N) is 1. The molecule has 4 heteroatoms. The molecule has 1 amide bonds. The van der Waals surface area contributed by atoms with Crippen molar-refractivity contribution in [3.63, 3.8) is 0 Å². The fraction of sp³-hybridized carbons (Fsp3) is 0.188. The summed E-state index contributed by atoms with van der Waals surface area (Å²) in [6, 6.07) is 14.9. The van der Waals surface area contributed by atoms with E-state index in [0.29, 0.717) is 12.8 Å². The molecule has 3 N–H and O–H groups in total. The molecule has 0 aliphatic heterocycles. The van der Waals surface area contributed by atoms with Gasteiger partial charge < -0.3 is 15.8 Å². The van der Waals surface area contributed by atoms with Crippen molar-refractivity contribution in [2.75, 3.05) is 18.2 Å². The van der Waals surface area contributed by atoms with Gasteiger partial charge in [-0.15, -0.1) is 0 Å². The molecule has 2 aromatic carbocycles. The molecule has 2 aromatic rings. The molecule has 4 nitrogen and oxygen atoms in total. The maximum atomic E-state index is 11.9. The number of ether oxygens (including phenoxy) is 1. The lowest BCUT2D eigenvalue weighted by Crippen LogP contribution is -2.12. The van der Waals surface area contributed by atoms with Crippen molar-refractivity contribution in [2.45, 2.75) is 12.8 Å². The topological polar surface area (TPSA) is 64.3 Å². The zero-order valence-electron chi connectivity index (χ0n) is 11.4. The van der Waals surface area contributed by atoms with Gasteiger partial charge in [0.2, 0.25) is 5.91 Å². The molecule has 2 rings (SSSR count). The van der Waals surface area contributed by atoms with Crippen molar-refractivity contribution in [1.29, 1.82) is 0 Å². The van der Waals surface area contributed by atoms with E-state index in [9.17, 15) is 4.79 Å². The minimum absolute atomic E-state index is 0.0272. The highest BCUT2D eigenvalue weighted by atomic mass is 16.5. The van der Waals surface area contributed by atoms with Crippen LogP contribution < -0.4 is 15.8 Å². The molecule has 0 heterocycles. The Bertz CT molecular complexity index is 597. The van der Waals surface area contributed by atoms with E-state index in [4.69, 9.17) is 10.5 Å². The number of nitrogens with one attached hydrogen (secondary N) is 1. The summed E-state index contributed by atoms with van der Waals surface area (Å²) >= 11 is 0. The van der Waals surface area contributed by atoms with Gasteiger partial charge >= 0.3 is 0 Å². The minimum Gasteiger partial charge on any atom is -0.497 e. The van der Waals surface area contributed by atoms with Crippen molar-refractivity contribution < 1.29 is 9.53 Å². The second kappa shape index (κ2) is 6.61. The molecule has 0 aromatic heterocycles. The van der Waals surface area contributed by atoms with Crippen molar-refractivity contribution in [3.8, 4) is 5.75 Å². The Morgan fingerprint density at radius 1 is 1.20 bits per heavy atom. The van der Waals surface area contributed by atoms with Gasteiger partial charge in [0, 0.05) is 23.9 Å². The Balaban J connectivity index is 1.89. The van der Waals surface area contributed by atoms with Crippen LogP contribution in [0.5, 0.6) is 5.75 Å². The summed E-state index contributed by atoms with van der Waals surface area (Å²) in [4.78, 5) is 11.9. The van der Waals surface area contributed by atoms with E-state index < -0.39 is 0 Å². The first kappa shape index (κ1) is 13.9. The number of aryl methyl sites for hydroxylation is 1. The number of hydrogen-bond acceptors (Lipinski definition) is 3. The number of carbonyl (C=O) groups excluding carboxylic acids is 1. The molecule has 0 fully saturated rings. The largest absolute Gasteiger partial charge is 0.497 e. The Hall–Kier alpha value is -2.49. The summed E-state index contributed by atoms with van der Waals surface area (Å²) in [7, 11) is 1.60. The van der Waals surface area contributed by atoms with Crippen molar-refractivity contribution in [2.24, 2.45) is 0 Å². The average Bonchev–Trinajstić information content (AvgIpc) is 2.45. The van der Waals surface area contributed by atoms with Gasteiger partial charge in [-0.1, -0.05) is 18.2 Å². The molecule has 0 atom stereocenters. The van der Waals surface area contributed by atoms with E-state index in [1.54, 1.807) is 13.2 Å². The lowest BCUT2D eigenvalue weighted by molar-refractivity contribution is -0.116. The Kier molecular flexibility index (Phi) is 4.60. The molecule has 0 bridgehead atoms. The second-order valence-corrected chi connectivity index (χ2v) is 4.53. The maximum Gasteiger partial charge on any atom is 0.224 e. The zero-order valence-corrected chi connectivity index (χ0v) is 11.4. The summed E-state index contributed by atoms with van der Waals surface area (Å²) in [5.41, 5.74) is 8.22. The fourth-order valence-corrected chi connectivity index (χ4v) is 1.93. The van der Waals surface area contributed by atoms with Gasteiger partial charge in [-0.25, -0.2) is 0 Å². The zero-order chi connectivity index (χ0) is 14.4. The van der Waals surface area contributed by atoms with Crippen LogP contribution in [0.4, 0.5) is 11.4 Å². The molecule has 104 valence electrons. The minimum atomic E-state index is -0.0272. The average molecular weight is 270 g/mol. The van der Waals surface area contributed by atoms with E-state index >= 15 is 0 Å². The van der Waals surface area contributed by atoms with Crippen LogP contribution in [0, 0.1) is 0 Å². The first-order chi connectivity index (χ1) is 9.67. The number of hydrogen-bond donors (Lipinski definition) is 2. The molecule has 0 saturated carbocycles. The van der Waals surface area contributed by atoms with Gasteiger partial charge in [0.25, 0.3) is 0 Å². The van der Waals surface area contributed by atoms with Crippen molar-refractivity contribution in [1.82, 2.24) is 0 Å². The van der Waals surface area contributed by atoms with Gasteiger partial charge in [0.05, 0.1) is 7.11 Å². The first-order valence-corrected chi connectivity index (χ1v) is 6.46. The number of methoxy groups -OCH3 is 1. The van der Waals surface area contributed by atoms with E-state index in [0.717, 1.165) is 22.7 Å². The van der Waals surface area contributed by atoms with Crippen LogP contribution in [0.15, 0.2) is 48.5 Å². The third-order valence-electron chi connectivity index (χ3n) is 2.95. The summed E-state index contributed by atoms with van der Waals surface area (Å²) in [5.74, 6) is 0.694. The predicted octanol–water partition coefficient (Wildman–Crippen LogP) is 2.85. The number of amides is 1. The van der Waals surface area contributed by atoms with E-state index in [2.05, 4.69) is 5.32 Å². The van der Waals surface area contributed by atoms with Crippen LogP contribution in [-0.2, 0) is 11.2 Å². The predicted molar refractivity (Wildman–Crippen MR) is 80.8 cm³/mol. The summed E-state index contributed by atoms with van der Waals surface area (Å²) in [6.07, 6.45) is 1.08. The summed E-state index contributed by atoms with van der Waals surface area (Å²) in [6.45, 7) is 0. The third kappa shape index (κ3) is 4.02. The molecule has 0 unspecified atom stereocenters. The van der Waals surface area contributed by atoms with Crippen LogP contribution in [-0.4, -0.2) is 13.0 Å². The number of benzene rings is 2. The van der Waals surface area contributed by atoms with Gasteiger partial charge in [-0.2, -0.15) is 0 Å². The monoisotopic (exact) mass is 270 g/mol. The van der Waals surface area contributed by atoms with Gasteiger partial charge in [0.15, 0.2) is 0 Å². The van der Waals surface area contributed by atoms with Crippen LogP contribution in [0.3, 0.4) is 0 Å². The van der Waals surface area contributed by atoms with Crippen LogP contribution >= 0.6 is 0 Å². The third-order valence-corrected chi connectivity index (χ3v) is 2.95. The number of anilines is 2. The fourth-order valence-electron chi connectivity index (χ4n) is 1.93. The van der Waals surface area contributed by atoms with E-state index in [1.165, 1.54) is 0 Å². The van der Waals surface area contributed by atoms with Gasteiger partial charge in [-0.05, 0) is 36.2 Å². The molecule has 20 heavy (non-hydrogen) atoms. The quantitative estimate of drug-likeness (QED) is 0.821.